The molecule has 0 aliphatic carbocycles. The lowest BCUT2D eigenvalue weighted by Gasteiger charge is -2.17. The van der Waals surface area contributed by atoms with Crippen LogP contribution in [0.3, 0.4) is 0 Å². The number of rotatable bonds is 3. The summed E-state index contributed by atoms with van der Waals surface area (Å²) in [7, 11) is 0. The Labute approximate surface area is 117 Å². The zero-order valence-electron chi connectivity index (χ0n) is 10.9. The first kappa shape index (κ1) is 15.7. The summed E-state index contributed by atoms with van der Waals surface area (Å²) in [6, 6.07) is 4.54. The SMILES string of the molecule is O=C(CN1CCC(F)(F)C1)Nc1ccccc1C(F)(F)F. The zero-order chi connectivity index (χ0) is 15.7. The molecule has 116 valence electrons. The second-order valence-electron chi connectivity index (χ2n) is 4.91. The van der Waals surface area contributed by atoms with Crippen molar-refractivity contribution in [3.8, 4) is 0 Å². The number of carbonyl (C=O) groups excluding carboxylic acids is 1. The van der Waals surface area contributed by atoms with Gasteiger partial charge in [0.25, 0.3) is 5.92 Å². The molecule has 0 spiro atoms. The molecular formula is C13H13F5N2O. The largest absolute Gasteiger partial charge is 0.418 e. The highest BCUT2D eigenvalue weighted by Crippen LogP contribution is 2.34. The van der Waals surface area contributed by atoms with Gasteiger partial charge in [-0.15, -0.1) is 0 Å². The molecule has 0 radical (unpaired) electrons. The van der Waals surface area contributed by atoms with E-state index >= 15 is 0 Å². The summed E-state index contributed by atoms with van der Waals surface area (Å²) < 4.78 is 64.2. The summed E-state index contributed by atoms with van der Waals surface area (Å²) >= 11 is 0. The minimum Gasteiger partial charge on any atom is -0.324 e. The molecule has 1 saturated heterocycles. The Morgan fingerprint density at radius 3 is 2.52 bits per heavy atom. The monoisotopic (exact) mass is 308 g/mol. The van der Waals surface area contributed by atoms with E-state index in [1.54, 1.807) is 0 Å². The molecule has 0 unspecified atom stereocenters. The first-order chi connectivity index (χ1) is 9.67. The van der Waals surface area contributed by atoms with Gasteiger partial charge in [0.05, 0.1) is 24.3 Å². The molecule has 1 heterocycles. The normalized spacial score (nSPS) is 18.7. The molecule has 1 aliphatic heterocycles. The predicted octanol–water partition coefficient (Wildman–Crippen LogP) is 2.98. The van der Waals surface area contributed by atoms with Crippen LogP contribution in [-0.4, -0.2) is 36.4 Å². The molecule has 1 aliphatic rings. The van der Waals surface area contributed by atoms with Crippen LogP contribution in [0.5, 0.6) is 0 Å². The average Bonchev–Trinajstić information content (AvgIpc) is 2.67. The number of nitrogens with zero attached hydrogens (tertiary/aromatic N) is 1. The number of likely N-dealkylation sites (tertiary alicyclic amines) is 1. The number of alkyl halides is 5. The molecule has 0 saturated carbocycles. The van der Waals surface area contributed by atoms with Crippen LogP contribution in [0.15, 0.2) is 24.3 Å². The first-order valence-corrected chi connectivity index (χ1v) is 6.24. The number of para-hydroxylation sites is 1. The maximum absolute atomic E-state index is 13.0. The van der Waals surface area contributed by atoms with Crippen molar-refractivity contribution in [3.05, 3.63) is 29.8 Å². The van der Waals surface area contributed by atoms with E-state index in [9.17, 15) is 26.7 Å². The van der Waals surface area contributed by atoms with Gasteiger partial charge < -0.3 is 5.32 Å². The molecule has 1 aromatic carbocycles. The smallest absolute Gasteiger partial charge is 0.324 e. The fraction of sp³-hybridized carbons (Fsp3) is 0.462. The Hall–Kier alpha value is -1.70. The summed E-state index contributed by atoms with van der Waals surface area (Å²) in [6.45, 7) is -0.871. The third-order valence-corrected chi connectivity index (χ3v) is 3.12. The van der Waals surface area contributed by atoms with Gasteiger partial charge in [0, 0.05) is 13.0 Å². The number of hydrogen-bond donors (Lipinski definition) is 1. The number of halogens is 5. The van der Waals surface area contributed by atoms with Gasteiger partial charge in [-0.05, 0) is 12.1 Å². The highest BCUT2D eigenvalue weighted by atomic mass is 19.4. The number of benzene rings is 1. The van der Waals surface area contributed by atoms with Gasteiger partial charge in [-0.3, -0.25) is 9.69 Å². The Bertz CT molecular complexity index is 530. The second kappa shape index (κ2) is 5.59. The van der Waals surface area contributed by atoms with E-state index in [4.69, 9.17) is 0 Å². The van der Waals surface area contributed by atoms with Crippen molar-refractivity contribution < 1.29 is 26.7 Å². The minimum absolute atomic E-state index is 0.0430. The fourth-order valence-corrected chi connectivity index (χ4v) is 2.17. The Morgan fingerprint density at radius 2 is 1.95 bits per heavy atom. The fourth-order valence-electron chi connectivity index (χ4n) is 2.17. The molecule has 1 amide bonds. The van der Waals surface area contributed by atoms with Crippen LogP contribution in [0, 0.1) is 0 Å². The molecule has 8 heteroatoms. The first-order valence-electron chi connectivity index (χ1n) is 6.24. The molecule has 21 heavy (non-hydrogen) atoms. The number of amides is 1. The van der Waals surface area contributed by atoms with Gasteiger partial charge in [0.15, 0.2) is 0 Å². The molecule has 1 N–H and O–H groups in total. The Balaban J connectivity index is 2.01. The molecular weight excluding hydrogens is 295 g/mol. The van der Waals surface area contributed by atoms with Gasteiger partial charge in [-0.1, -0.05) is 12.1 Å². The zero-order valence-corrected chi connectivity index (χ0v) is 10.9. The Kier molecular flexibility index (Phi) is 4.18. The van der Waals surface area contributed by atoms with E-state index in [0.29, 0.717) is 0 Å². The number of anilines is 1. The van der Waals surface area contributed by atoms with E-state index in [1.165, 1.54) is 17.0 Å². The summed E-state index contributed by atoms with van der Waals surface area (Å²) in [5.41, 5.74) is -1.34. The van der Waals surface area contributed by atoms with E-state index in [1.807, 2.05) is 0 Å². The van der Waals surface area contributed by atoms with Crippen LogP contribution in [-0.2, 0) is 11.0 Å². The van der Waals surface area contributed by atoms with Gasteiger partial charge in [0.1, 0.15) is 0 Å². The molecule has 0 aromatic heterocycles. The third-order valence-electron chi connectivity index (χ3n) is 3.12. The van der Waals surface area contributed by atoms with Crippen LogP contribution in [0.1, 0.15) is 12.0 Å². The van der Waals surface area contributed by atoms with Crippen molar-refractivity contribution in [2.24, 2.45) is 0 Å². The van der Waals surface area contributed by atoms with Crippen molar-refractivity contribution in [3.63, 3.8) is 0 Å². The Morgan fingerprint density at radius 1 is 1.29 bits per heavy atom. The molecule has 2 rings (SSSR count). The number of hydrogen-bond acceptors (Lipinski definition) is 2. The van der Waals surface area contributed by atoms with Gasteiger partial charge in [-0.25, -0.2) is 8.78 Å². The standard InChI is InChI=1S/C13H13F5N2O/c14-12(15)5-6-20(8-12)7-11(21)19-10-4-2-1-3-9(10)13(16,17)18/h1-4H,5-8H2,(H,19,21). The van der Waals surface area contributed by atoms with Gasteiger partial charge in [0.2, 0.25) is 5.91 Å². The number of nitrogens with one attached hydrogen (secondary N) is 1. The third kappa shape index (κ3) is 4.13. The quantitative estimate of drug-likeness (QED) is 0.871. The molecule has 0 bridgehead atoms. The summed E-state index contributed by atoms with van der Waals surface area (Å²) in [4.78, 5) is 12.9. The van der Waals surface area contributed by atoms with Crippen molar-refractivity contribution in [1.82, 2.24) is 4.90 Å². The van der Waals surface area contributed by atoms with E-state index < -0.39 is 30.1 Å². The van der Waals surface area contributed by atoms with Crippen molar-refractivity contribution in [2.45, 2.75) is 18.5 Å². The van der Waals surface area contributed by atoms with Gasteiger partial charge >= 0.3 is 6.18 Å². The van der Waals surface area contributed by atoms with Crippen LogP contribution >= 0.6 is 0 Å². The van der Waals surface area contributed by atoms with E-state index in [0.717, 1.165) is 12.1 Å². The summed E-state index contributed by atoms with van der Waals surface area (Å²) in [6.07, 6.45) is -4.94. The van der Waals surface area contributed by atoms with E-state index in [-0.39, 0.29) is 25.2 Å². The topological polar surface area (TPSA) is 32.3 Å². The van der Waals surface area contributed by atoms with Crippen molar-refractivity contribution in [1.29, 1.82) is 0 Å². The minimum atomic E-state index is -4.59. The van der Waals surface area contributed by atoms with Crippen LogP contribution in [0.25, 0.3) is 0 Å². The van der Waals surface area contributed by atoms with E-state index in [2.05, 4.69) is 5.32 Å². The summed E-state index contributed by atoms with van der Waals surface area (Å²) in [5, 5.41) is 2.13. The molecule has 1 fully saturated rings. The van der Waals surface area contributed by atoms with Gasteiger partial charge in [-0.2, -0.15) is 13.2 Å². The van der Waals surface area contributed by atoms with Crippen LogP contribution < -0.4 is 5.32 Å². The lowest BCUT2D eigenvalue weighted by atomic mass is 10.1. The lowest BCUT2D eigenvalue weighted by Crippen LogP contribution is -2.33. The van der Waals surface area contributed by atoms with Crippen LogP contribution in [0.4, 0.5) is 27.6 Å². The number of carbonyl (C=O) groups is 1. The predicted molar refractivity (Wildman–Crippen MR) is 66.1 cm³/mol. The van der Waals surface area contributed by atoms with Crippen LogP contribution in [0.2, 0.25) is 0 Å². The maximum Gasteiger partial charge on any atom is 0.418 e. The lowest BCUT2D eigenvalue weighted by molar-refractivity contribution is -0.137. The van der Waals surface area contributed by atoms with Crippen molar-refractivity contribution in [2.75, 3.05) is 25.0 Å². The molecule has 3 nitrogen and oxygen atoms in total. The second-order valence-corrected chi connectivity index (χ2v) is 4.91. The van der Waals surface area contributed by atoms with Crippen molar-refractivity contribution >= 4 is 11.6 Å². The maximum atomic E-state index is 13.0. The molecule has 0 atom stereocenters. The highest BCUT2D eigenvalue weighted by Gasteiger charge is 2.39. The highest BCUT2D eigenvalue weighted by molar-refractivity contribution is 5.93. The summed E-state index contributed by atoms with van der Waals surface area (Å²) in [5.74, 6) is -3.59. The molecule has 1 aromatic rings. The average molecular weight is 308 g/mol.